The molecule has 0 aliphatic heterocycles. The number of amides is 1. The highest BCUT2D eigenvalue weighted by Crippen LogP contribution is 2.26. The molecule has 1 aromatic carbocycles. The average molecular weight is 254 g/mol. The number of hydrogen-bond donors (Lipinski definition) is 2. The summed E-state index contributed by atoms with van der Waals surface area (Å²) in [6.07, 6.45) is 3.00. The van der Waals surface area contributed by atoms with Gasteiger partial charge in [0.2, 0.25) is 0 Å². The fourth-order valence-electron chi connectivity index (χ4n) is 1.82. The molecule has 0 saturated carbocycles. The van der Waals surface area contributed by atoms with Crippen LogP contribution >= 0.6 is 0 Å². The number of hydrogen-bond acceptors (Lipinski definition) is 5. The quantitative estimate of drug-likeness (QED) is 0.682. The largest absolute Gasteiger partial charge is 0.397 e. The Morgan fingerprint density at radius 1 is 1.26 bits per heavy atom. The van der Waals surface area contributed by atoms with Crippen molar-refractivity contribution in [2.24, 2.45) is 0 Å². The van der Waals surface area contributed by atoms with Gasteiger partial charge >= 0.3 is 0 Å². The lowest BCUT2D eigenvalue weighted by Gasteiger charge is -2.08. The molecule has 0 aliphatic carbocycles. The second kappa shape index (κ2) is 4.41. The number of nitrogen functional groups attached to an aromatic ring is 1. The second-order valence-electron chi connectivity index (χ2n) is 3.94. The van der Waals surface area contributed by atoms with E-state index in [2.05, 4.69) is 20.0 Å². The molecule has 3 N–H and O–H groups in total. The zero-order valence-corrected chi connectivity index (χ0v) is 9.83. The summed E-state index contributed by atoms with van der Waals surface area (Å²) in [5, 5.41) is 7.12. The van der Waals surface area contributed by atoms with E-state index >= 15 is 0 Å². The Kier molecular flexibility index (Phi) is 2.60. The summed E-state index contributed by atoms with van der Waals surface area (Å²) >= 11 is 0. The minimum absolute atomic E-state index is 0.217. The lowest BCUT2D eigenvalue weighted by Crippen LogP contribution is -2.12. The van der Waals surface area contributed by atoms with Crippen LogP contribution in [0.15, 0.2) is 47.3 Å². The van der Waals surface area contributed by atoms with Crippen molar-refractivity contribution in [2.75, 3.05) is 11.1 Å². The average Bonchev–Trinajstić information content (AvgIpc) is 2.96. The van der Waals surface area contributed by atoms with E-state index in [0.717, 1.165) is 5.39 Å². The summed E-state index contributed by atoms with van der Waals surface area (Å²) in [6, 6.07) is 8.56. The van der Waals surface area contributed by atoms with Gasteiger partial charge in [-0.05, 0) is 24.3 Å². The van der Waals surface area contributed by atoms with Crippen LogP contribution in [0.2, 0.25) is 0 Å². The molecule has 0 atom stereocenters. The van der Waals surface area contributed by atoms with Crippen LogP contribution in [0.5, 0.6) is 0 Å². The number of nitrogens with two attached hydrogens (primary N) is 1. The van der Waals surface area contributed by atoms with Gasteiger partial charge in [0, 0.05) is 17.6 Å². The van der Waals surface area contributed by atoms with Gasteiger partial charge in [-0.2, -0.15) is 0 Å². The highest BCUT2D eigenvalue weighted by molar-refractivity contribution is 6.09. The molecule has 0 bridgehead atoms. The predicted molar refractivity (Wildman–Crippen MR) is 70.6 cm³/mol. The van der Waals surface area contributed by atoms with Crippen molar-refractivity contribution < 1.29 is 9.32 Å². The number of nitrogens with zero attached hydrogens (tertiary/aromatic N) is 2. The van der Waals surface area contributed by atoms with Crippen LogP contribution < -0.4 is 11.1 Å². The molecule has 0 aliphatic rings. The Hall–Kier alpha value is -2.89. The van der Waals surface area contributed by atoms with E-state index in [-0.39, 0.29) is 11.6 Å². The lowest BCUT2D eigenvalue weighted by atomic mass is 10.1. The molecule has 3 aromatic rings. The van der Waals surface area contributed by atoms with E-state index in [1.54, 1.807) is 24.4 Å². The lowest BCUT2D eigenvalue weighted by molar-refractivity contribution is 0.101. The molecule has 0 fully saturated rings. The van der Waals surface area contributed by atoms with Crippen LogP contribution in [0.25, 0.3) is 10.9 Å². The van der Waals surface area contributed by atoms with Crippen LogP contribution in [-0.4, -0.2) is 16.0 Å². The third-order valence-corrected chi connectivity index (χ3v) is 2.72. The van der Waals surface area contributed by atoms with Crippen molar-refractivity contribution in [1.82, 2.24) is 10.1 Å². The summed E-state index contributed by atoms with van der Waals surface area (Å²) < 4.78 is 4.64. The van der Waals surface area contributed by atoms with Crippen LogP contribution in [0.1, 0.15) is 10.5 Å². The Morgan fingerprint density at radius 2 is 2.16 bits per heavy atom. The van der Waals surface area contributed by atoms with E-state index in [1.165, 1.54) is 12.3 Å². The number of pyridine rings is 1. The van der Waals surface area contributed by atoms with Gasteiger partial charge < -0.3 is 15.6 Å². The molecular formula is C13H10N4O2. The highest BCUT2D eigenvalue weighted by Gasteiger charge is 2.12. The molecule has 2 aromatic heterocycles. The smallest absolute Gasteiger partial charge is 0.277 e. The summed E-state index contributed by atoms with van der Waals surface area (Å²) in [5.74, 6) is -0.344. The number of carbonyl (C=O) groups is 1. The van der Waals surface area contributed by atoms with Crippen LogP contribution in [0, 0.1) is 0 Å². The normalized spacial score (nSPS) is 10.5. The van der Waals surface area contributed by atoms with Gasteiger partial charge in [0.15, 0.2) is 5.69 Å². The van der Waals surface area contributed by atoms with Gasteiger partial charge in [0.25, 0.3) is 5.91 Å². The highest BCUT2D eigenvalue weighted by atomic mass is 16.5. The van der Waals surface area contributed by atoms with Crippen LogP contribution in [-0.2, 0) is 0 Å². The van der Waals surface area contributed by atoms with Gasteiger partial charge in [-0.1, -0.05) is 5.16 Å². The van der Waals surface area contributed by atoms with Gasteiger partial charge in [0.1, 0.15) is 6.26 Å². The molecule has 6 heteroatoms. The minimum atomic E-state index is -0.344. The van der Waals surface area contributed by atoms with Crippen LogP contribution in [0.4, 0.5) is 11.4 Å². The van der Waals surface area contributed by atoms with Crippen molar-refractivity contribution in [3.8, 4) is 0 Å². The number of nitrogens with one attached hydrogen (secondary N) is 1. The monoisotopic (exact) mass is 254 g/mol. The Balaban J connectivity index is 2.02. The van der Waals surface area contributed by atoms with Gasteiger partial charge in [-0.3, -0.25) is 9.78 Å². The minimum Gasteiger partial charge on any atom is -0.397 e. The Bertz CT molecular complexity index is 737. The van der Waals surface area contributed by atoms with Gasteiger partial charge in [-0.15, -0.1) is 0 Å². The summed E-state index contributed by atoms with van der Waals surface area (Å²) in [7, 11) is 0. The number of carbonyl (C=O) groups excluding carboxylic acids is 1. The maximum Gasteiger partial charge on any atom is 0.277 e. The van der Waals surface area contributed by atoms with Crippen molar-refractivity contribution in [3.63, 3.8) is 0 Å². The zero-order chi connectivity index (χ0) is 13.2. The summed E-state index contributed by atoms with van der Waals surface area (Å²) in [5.41, 5.74) is 7.91. The van der Waals surface area contributed by atoms with E-state index < -0.39 is 0 Å². The van der Waals surface area contributed by atoms with E-state index in [1.807, 2.05) is 6.07 Å². The second-order valence-corrected chi connectivity index (χ2v) is 3.94. The number of aromatic nitrogens is 2. The van der Waals surface area contributed by atoms with Crippen molar-refractivity contribution >= 4 is 28.2 Å². The van der Waals surface area contributed by atoms with Crippen molar-refractivity contribution in [1.29, 1.82) is 0 Å². The molecule has 19 heavy (non-hydrogen) atoms. The SMILES string of the molecule is Nc1ccc(NC(=O)c2ccon2)c2cccnc12. The molecule has 2 heterocycles. The fourth-order valence-corrected chi connectivity index (χ4v) is 1.82. The van der Waals surface area contributed by atoms with Gasteiger partial charge in [0.05, 0.1) is 16.9 Å². The van der Waals surface area contributed by atoms with Crippen LogP contribution in [0.3, 0.4) is 0 Å². The Labute approximate surface area is 108 Å². The number of benzene rings is 1. The predicted octanol–water partition coefficient (Wildman–Crippen LogP) is 2.06. The first kappa shape index (κ1) is 11.2. The molecule has 0 saturated heterocycles. The molecule has 0 radical (unpaired) electrons. The summed E-state index contributed by atoms with van der Waals surface area (Å²) in [6.45, 7) is 0. The van der Waals surface area contributed by atoms with Crippen molar-refractivity contribution in [3.05, 3.63) is 48.5 Å². The summed E-state index contributed by atoms with van der Waals surface area (Å²) in [4.78, 5) is 16.1. The molecule has 0 unspecified atom stereocenters. The first-order chi connectivity index (χ1) is 9.25. The zero-order valence-electron chi connectivity index (χ0n) is 9.83. The fraction of sp³-hybridized carbons (Fsp3) is 0. The number of rotatable bonds is 2. The molecule has 0 spiro atoms. The number of anilines is 2. The third kappa shape index (κ3) is 1.99. The Morgan fingerprint density at radius 3 is 2.95 bits per heavy atom. The third-order valence-electron chi connectivity index (χ3n) is 2.72. The topological polar surface area (TPSA) is 94.0 Å². The molecule has 3 rings (SSSR count). The van der Waals surface area contributed by atoms with E-state index in [9.17, 15) is 4.79 Å². The molecular weight excluding hydrogens is 244 g/mol. The van der Waals surface area contributed by atoms with Crippen molar-refractivity contribution in [2.45, 2.75) is 0 Å². The molecule has 1 amide bonds. The molecule has 6 nitrogen and oxygen atoms in total. The standard InChI is InChI=1S/C13H10N4O2/c14-9-3-4-10(8-2-1-6-15-12(8)9)16-13(18)11-5-7-19-17-11/h1-7H,14H2,(H,16,18). The first-order valence-corrected chi connectivity index (χ1v) is 5.60. The van der Waals surface area contributed by atoms with E-state index in [0.29, 0.717) is 16.9 Å². The molecule has 94 valence electrons. The maximum atomic E-state index is 11.9. The van der Waals surface area contributed by atoms with E-state index in [4.69, 9.17) is 5.73 Å². The number of fused-ring (bicyclic) bond motifs is 1. The first-order valence-electron chi connectivity index (χ1n) is 5.60. The van der Waals surface area contributed by atoms with Gasteiger partial charge in [-0.25, -0.2) is 0 Å². The maximum absolute atomic E-state index is 11.9.